The van der Waals surface area contributed by atoms with Crippen LogP contribution < -0.4 is 0 Å². The second-order valence-corrected chi connectivity index (χ2v) is 5.20. The largest absolute Gasteiger partial charge is 0.351 e. The fourth-order valence-corrected chi connectivity index (χ4v) is 2.86. The molecular formula is C15H17FN2O. The highest BCUT2D eigenvalue weighted by Crippen LogP contribution is 2.27. The summed E-state index contributed by atoms with van der Waals surface area (Å²) in [6.45, 7) is 0. The average molecular weight is 260 g/mol. The van der Waals surface area contributed by atoms with Gasteiger partial charge >= 0.3 is 0 Å². The van der Waals surface area contributed by atoms with E-state index in [1.807, 2.05) is 30.3 Å². The Hall–Kier alpha value is -1.84. The Balaban J connectivity index is 1.86. The first-order valence-corrected chi connectivity index (χ1v) is 6.66. The van der Waals surface area contributed by atoms with Crippen molar-refractivity contribution in [1.29, 1.82) is 0 Å². The standard InChI is InChI=1S/C15H17FN2O/c1-18(14-8-4-6-11(14)16)15(19)13-9-10-5-2-3-7-12(10)17-13/h2-3,5,7,9,11,14,17H,4,6,8H2,1H3/t11-,14-/m1/s1. The molecule has 1 fully saturated rings. The number of hydrogen-bond acceptors (Lipinski definition) is 1. The molecule has 0 spiro atoms. The van der Waals surface area contributed by atoms with Gasteiger partial charge in [0.2, 0.25) is 0 Å². The van der Waals surface area contributed by atoms with E-state index in [1.165, 1.54) is 0 Å². The second kappa shape index (κ2) is 4.68. The lowest BCUT2D eigenvalue weighted by molar-refractivity contribution is 0.0662. The summed E-state index contributed by atoms with van der Waals surface area (Å²) >= 11 is 0. The van der Waals surface area contributed by atoms with Gasteiger partial charge in [-0.2, -0.15) is 0 Å². The number of amides is 1. The van der Waals surface area contributed by atoms with Gasteiger partial charge in [-0.25, -0.2) is 4.39 Å². The Kier molecular flexibility index (Phi) is 3.01. The van der Waals surface area contributed by atoms with Gasteiger partial charge in [0.05, 0.1) is 6.04 Å². The summed E-state index contributed by atoms with van der Waals surface area (Å²) in [6.07, 6.45) is 1.28. The Morgan fingerprint density at radius 3 is 2.84 bits per heavy atom. The number of benzene rings is 1. The molecule has 0 bridgehead atoms. The molecule has 100 valence electrons. The van der Waals surface area contributed by atoms with Gasteiger partial charge in [-0.05, 0) is 31.4 Å². The molecule has 0 radical (unpaired) electrons. The number of halogens is 1. The van der Waals surface area contributed by atoms with Crippen LogP contribution in [0.15, 0.2) is 30.3 Å². The van der Waals surface area contributed by atoms with Crippen LogP contribution in [0.3, 0.4) is 0 Å². The molecule has 1 amide bonds. The van der Waals surface area contributed by atoms with E-state index in [1.54, 1.807) is 11.9 Å². The lowest BCUT2D eigenvalue weighted by Crippen LogP contribution is -2.40. The predicted molar refractivity (Wildman–Crippen MR) is 72.9 cm³/mol. The number of nitrogens with one attached hydrogen (secondary N) is 1. The van der Waals surface area contributed by atoms with E-state index in [4.69, 9.17) is 0 Å². The molecular weight excluding hydrogens is 243 g/mol. The third-order valence-electron chi connectivity index (χ3n) is 3.98. The van der Waals surface area contributed by atoms with E-state index in [-0.39, 0.29) is 11.9 Å². The lowest BCUT2D eigenvalue weighted by atomic mass is 10.2. The van der Waals surface area contributed by atoms with Gasteiger partial charge in [-0.1, -0.05) is 18.2 Å². The quantitative estimate of drug-likeness (QED) is 0.884. The van der Waals surface area contributed by atoms with Crippen LogP contribution in [0.4, 0.5) is 4.39 Å². The van der Waals surface area contributed by atoms with Crippen LogP contribution in [0.25, 0.3) is 10.9 Å². The minimum absolute atomic E-state index is 0.134. The van der Waals surface area contributed by atoms with Gasteiger partial charge in [0.15, 0.2) is 0 Å². The van der Waals surface area contributed by atoms with Crippen molar-refractivity contribution in [1.82, 2.24) is 9.88 Å². The molecule has 3 rings (SSSR count). The number of rotatable bonds is 2. The van der Waals surface area contributed by atoms with Gasteiger partial charge in [-0.15, -0.1) is 0 Å². The number of aromatic nitrogens is 1. The minimum Gasteiger partial charge on any atom is -0.351 e. The molecule has 1 heterocycles. The van der Waals surface area contributed by atoms with Crippen LogP contribution >= 0.6 is 0 Å². The smallest absolute Gasteiger partial charge is 0.270 e. The first-order chi connectivity index (χ1) is 9.16. The fraction of sp³-hybridized carbons (Fsp3) is 0.400. The van der Waals surface area contributed by atoms with Crippen molar-refractivity contribution in [2.45, 2.75) is 31.5 Å². The van der Waals surface area contributed by atoms with Crippen molar-refractivity contribution < 1.29 is 9.18 Å². The Morgan fingerprint density at radius 2 is 2.16 bits per heavy atom. The number of para-hydroxylation sites is 1. The molecule has 1 aliphatic carbocycles. The zero-order chi connectivity index (χ0) is 13.4. The number of carbonyl (C=O) groups excluding carboxylic acids is 1. The summed E-state index contributed by atoms with van der Waals surface area (Å²) < 4.78 is 13.7. The summed E-state index contributed by atoms with van der Waals surface area (Å²) in [5, 5.41) is 1.00. The molecule has 0 unspecified atom stereocenters. The van der Waals surface area contributed by atoms with Crippen molar-refractivity contribution in [2.24, 2.45) is 0 Å². The van der Waals surface area contributed by atoms with E-state index >= 15 is 0 Å². The summed E-state index contributed by atoms with van der Waals surface area (Å²) in [6, 6.07) is 9.29. The molecule has 0 aliphatic heterocycles. The number of H-pyrrole nitrogens is 1. The molecule has 4 heteroatoms. The summed E-state index contributed by atoms with van der Waals surface area (Å²) in [5.74, 6) is -0.134. The van der Waals surface area contributed by atoms with Crippen molar-refractivity contribution in [2.75, 3.05) is 7.05 Å². The zero-order valence-electron chi connectivity index (χ0n) is 10.9. The molecule has 1 aromatic heterocycles. The average Bonchev–Trinajstić information content (AvgIpc) is 3.02. The molecule has 1 aliphatic rings. The normalized spacial score (nSPS) is 22.8. The molecule has 1 aromatic carbocycles. The van der Waals surface area contributed by atoms with Gasteiger partial charge in [0.1, 0.15) is 11.9 Å². The van der Waals surface area contributed by atoms with E-state index < -0.39 is 6.17 Å². The maximum atomic E-state index is 13.7. The summed E-state index contributed by atoms with van der Waals surface area (Å²) in [7, 11) is 1.69. The first kappa shape index (κ1) is 12.2. The number of aromatic amines is 1. The van der Waals surface area contributed by atoms with Gasteiger partial charge in [0.25, 0.3) is 5.91 Å². The van der Waals surface area contributed by atoms with Crippen molar-refractivity contribution in [3.05, 3.63) is 36.0 Å². The molecule has 0 saturated heterocycles. The molecule has 19 heavy (non-hydrogen) atoms. The monoisotopic (exact) mass is 260 g/mol. The van der Waals surface area contributed by atoms with Crippen LogP contribution in [0.5, 0.6) is 0 Å². The Morgan fingerprint density at radius 1 is 1.37 bits per heavy atom. The number of alkyl halides is 1. The third-order valence-corrected chi connectivity index (χ3v) is 3.98. The highest BCUT2D eigenvalue weighted by atomic mass is 19.1. The Labute approximate surface area is 111 Å². The van der Waals surface area contributed by atoms with Crippen LogP contribution in [0, 0.1) is 0 Å². The van der Waals surface area contributed by atoms with Crippen molar-refractivity contribution >= 4 is 16.8 Å². The second-order valence-electron chi connectivity index (χ2n) is 5.20. The lowest BCUT2D eigenvalue weighted by Gasteiger charge is -2.25. The number of fused-ring (bicyclic) bond motifs is 1. The van der Waals surface area contributed by atoms with E-state index in [0.29, 0.717) is 12.1 Å². The molecule has 2 aromatic rings. The van der Waals surface area contributed by atoms with Crippen LogP contribution in [-0.4, -0.2) is 35.1 Å². The van der Waals surface area contributed by atoms with Crippen molar-refractivity contribution in [3.8, 4) is 0 Å². The van der Waals surface area contributed by atoms with Crippen molar-refractivity contribution in [3.63, 3.8) is 0 Å². The fourth-order valence-electron chi connectivity index (χ4n) is 2.86. The maximum absolute atomic E-state index is 13.7. The predicted octanol–water partition coefficient (Wildman–Crippen LogP) is 3.13. The van der Waals surface area contributed by atoms with Crippen LogP contribution in [0.1, 0.15) is 29.8 Å². The van der Waals surface area contributed by atoms with Gasteiger partial charge in [0, 0.05) is 18.0 Å². The first-order valence-electron chi connectivity index (χ1n) is 6.66. The number of nitrogens with zero attached hydrogens (tertiary/aromatic N) is 1. The zero-order valence-corrected chi connectivity index (χ0v) is 10.9. The topological polar surface area (TPSA) is 36.1 Å². The van der Waals surface area contributed by atoms with Crippen LogP contribution in [0.2, 0.25) is 0 Å². The number of hydrogen-bond donors (Lipinski definition) is 1. The van der Waals surface area contributed by atoms with E-state index in [0.717, 1.165) is 23.7 Å². The summed E-state index contributed by atoms with van der Waals surface area (Å²) in [5.41, 5.74) is 1.46. The molecule has 2 atom stereocenters. The molecule has 1 saturated carbocycles. The summed E-state index contributed by atoms with van der Waals surface area (Å²) in [4.78, 5) is 17.0. The molecule has 1 N–H and O–H groups in total. The minimum atomic E-state index is -0.890. The SMILES string of the molecule is CN(C(=O)c1cc2ccccc2[nH]1)[C@@H]1CCC[C@H]1F. The Bertz CT molecular complexity index is 574. The molecule has 3 nitrogen and oxygen atoms in total. The van der Waals surface area contributed by atoms with Gasteiger partial charge < -0.3 is 9.88 Å². The highest BCUT2D eigenvalue weighted by Gasteiger charge is 2.33. The van der Waals surface area contributed by atoms with E-state index in [9.17, 15) is 9.18 Å². The van der Waals surface area contributed by atoms with Gasteiger partial charge in [-0.3, -0.25) is 4.79 Å². The maximum Gasteiger partial charge on any atom is 0.270 e. The number of carbonyl (C=O) groups is 1. The highest BCUT2D eigenvalue weighted by molar-refractivity contribution is 5.98. The van der Waals surface area contributed by atoms with Crippen LogP contribution in [-0.2, 0) is 0 Å². The van der Waals surface area contributed by atoms with E-state index in [2.05, 4.69) is 4.98 Å². The third kappa shape index (κ3) is 2.11.